The predicted molar refractivity (Wildman–Crippen MR) is 105 cm³/mol. The van der Waals surface area contributed by atoms with Gasteiger partial charge in [-0.05, 0) is 38.0 Å². The summed E-state index contributed by atoms with van der Waals surface area (Å²) in [6.07, 6.45) is 2.00. The molecule has 148 valence electrons. The van der Waals surface area contributed by atoms with Gasteiger partial charge in [0.2, 0.25) is 5.91 Å². The van der Waals surface area contributed by atoms with E-state index in [1.165, 1.54) is 0 Å². The number of fused-ring (bicyclic) bond motifs is 5. The summed E-state index contributed by atoms with van der Waals surface area (Å²) in [6.45, 7) is 6.65. The molecule has 3 aliphatic heterocycles. The number of piperazine rings is 1. The van der Waals surface area contributed by atoms with Crippen LogP contribution in [0.5, 0.6) is 0 Å². The van der Waals surface area contributed by atoms with Crippen molar-refractivity contribution in [3.05, 3.63) is 35.9 Å². The first-order chi connectivity index (χ1) is 12.7. The highest BCUT2D eigenvalue weighted by Crippen LogP contribution is 2.39. The Labute approximate surface area is 162 Å². The first-order valence-electron chi connectivity index (χ1n) is 9.55. The Morgan fingerprint density at radius 1 is 1.15 bits per heavy atom. The molecule has 0 radical (unpaired) electrons. The van der Waals surface area contributed by atoms with Crippen molar-refractivity contribution in [1.29, 1.82) is 0 Å². The summed E-state index contributed by atoms with van der Waals surface area (Å²) in [5, 5.41) is 0. The van der Waals surface area contributed by atoms with Crippen LogP contribution in [0, 0.1) is 0 Å². The fourth-order valence-electron chi connectivity index (χ4n) is 4.26. The lowest BCUT2D eigenvalue weighted by atomic mass is 9.87. The Morgan fingerprint density at radius 3 is 2.41 bits per heavy atom. The number of carbonyl (C=O) groups is 2. The van der Waals surface area contributed by atoms with Crippen LogP contribution in [0.2, 0.25) is 19.6 Å². The molecule has 3 saturated heterocycles. The van der Waals surface area contributed by atoms with Crippen LogP contribution in [-0.4, -0.2) is 62.0 Å². The van der Waals surface area contributed by atoms with Gasteiger partial charge >= 0.3 is 0 Å². The lowest BCUT2D eigenvalue weighted by Gasteiger charge is -2.53. The van der Waals surface area contributed by atoms with Gasteiger partial charge < -0.3 is 19.0 Å². The normalized spacial score (nSPS) is 29.1. The predicted octanol–water partition coefficient (Wildman–Crippen LogP) is 2.60. The fourth-order valence-corrected chi connectivity index (χ4v) is 5.60. The van der Waals surface area contributed by atoms with Crippen molar-refractivity contribution in [1.82, 2.24) is 9.80 Å². The molecule has 3 heterocycles. The highest BCUT2D eigenvalue weighted by Gasteiger charge is 2.57. The van der Waals surface area contributed by atoms with E-state index >= 15 is 0 Å². The molecule has 0 saturated carbocycles. The van der Waals surface area contributed by atoms with E-state index in [1.807, 2.05) is 30.3 Å². The number of rotatable bonds is 5. The second kappa shape index (κ2) is 7.37. The van der Waals surface area contributed by atoms with E-state index in [4.69, 9.17) is 9.16 Å². The average Bonchev–Trinajstić information content (AvgIpc) is 2.60. The van der Waals surface area contributed by atoms with Gasteiger partial charge in [0, 0.05) is 27.1 Å². The van der Waals surface area contributed by atoms with Gasteiger partial charge in [-0.2, -0.15) is 0 Å². The number of nitrogens with zero attached hydrogens (tertiary/aromatic N) is 2. The summed E-state index contributed by atoms with van der Waals surface area (Å²) in [5.74, 6) is -1.21. The summed E-state index contributed by atoms with van der Waals surface area (Å²) < 4.78 is 12.3. The second-order valence-electron chi connectivity index (χ2n) is 8.44. The van der Waals surface area contributed by atoms with E-state index < -0.39 is 26.2 Å². The molecule has 0 aromatic heterocycles. The quantitative estimate of drug-likeness (QED) is 0.573. The highest BCUT2D eigenvalue weighted by atomic mass is 28.4. The number of amides is 2. The lowest BCUT2D eigenvalue weighted by molar-refractivity contribution is -0.232. The van der Waals surface area contributed by atoms with E-state index in [9.17, 15) is 9.59 Å². The molecule has 3 aliphatic rings. The van der Waals surface area contributed by atoms with Crippen molar-refractivity contribution in [2.24, 2.45) is 0 Å². The Hall–Kier alpha value is -1.70. The van der Waals surface area contributed by atoms with Crippen LogP contribution < -0.4 is 0 Å². The number of hydrogen-bond donors (Lipinski definition) is 0. The van der Waals surface area contributed by atoms with Crippen molar-refractivity contribution >= 4 is 20.1 Å². The summed E-state index contributed by atoms with van der Waals surface area (Å²) in [4.78, 5) is 30.0. The minimum absolute atomic E-state index is 0.0316. The molecule has 3 fully saturated rings. The molecule has 2 amide bonds. The van der Waals surface area contributed by atoms with Gasteiger partial charge in [-0.25, -0.2) is 0 Å². The zero-order valence-corrected chi connectivity index (χ0v) is 17.9. The van der Waals surface area contributed by atoms with E-state index in [2.05, 4.69) is 19.6 Å². The molecule has 1 aromatic carbocycles. The van der Waals surface area contributed by atoms with Crippen molar-refractivity contribution in [2.45, 2.75) is 63.3 Å². The van der Waals surface area contributed by atoms with Crippen LogP contribution in [0.1, 0.15) is 24.8 Å². The number of likely N-dealkylation sites (N-methyl/N-ethyl adjacent to an activating group) is 1. The molecule has 0 N–H and O–H groups in total. The molecule has 0 unspecified atom stereocenters. The number of ether oxygens (including phenoxy) is 1. The van der Waals surface area contributed by atoms with Crippen LogP contribution in [0.25, 0.3) is 0 Å². The van der Waals surface area contributed by atoms with Crippen LogP contribution in [0.4, 0.5) is 0 Å². The Balaban J connectivity index is 2.01. The second-order valence-corrected chi connectivity index (χ2v) is 12.9. The van der Waals surface area contributed by atoms with E-state index in [-0.39, 0.29) is 11.8 Å². The van der Waals surface area contributed by atoms with E-state index in [0.29, 0.717) is 19.4 Å². The third kappa shape index (κ3) is 3.81. The molecule has 6 nitrogen and oxygen atoms in total. The number of benzene rings is 1. The molecule has 0 spiro atoms. The first kappa shape index (κ1) is 20.0. The number of methoxy groups -OCH3 is 1. The molecule has 1 aromatic rings. The summed E-state index contributed by atoms with van der Waals surface area (Å²) in [5.41, 5.74) is 1.02. The number of hydrogen-bond acceptors (Lipinski definition) is 4. The third-order valence-electron chi connectivity index (χ3n) is 5.35. The molecule has 3 atom stereocenters. The maximum absolute atomic E-state index is 13.6. The maximum Gasteiger partial charge on any atom is 0.251 e. The van der Waals surface area contributed by atoms with Crippen molar-refractivity contribution in [3.8, 4) is 0 Å². The van der Waals surface area contributed by atoms with Crippen LogP contribution in [0.15, 0.2) is 30.3 Å². The van der Waals surface area contributed by atoms with Gasteiger partial charge in [-0.1, -0.05) is 30.3 Å². The molecule has 2 bridgehead atoms. The van der Waals surface area contributed by atoms with Crippen molar-refractivity contribution in [2.75, 3.05) is 14.2 Å². The summed E-state index contributed by atoms with van der Waals surface area (Å²) in [6, 6.07) is 8.63. The topological polar surface area (TPSA) is 59.1 Å². The largest absolute Gasteiger partial charge is 0.389 e. The minimum atomic E-state index is -2.03. The lowest BCUT2D eigenvalue weighted by Crippen LogP contribution is -2.72. The number of carbonyl (C=O) groups excluding carboxylic acids is 2. The van der Waals surface area contributed by atoms with Crippen LogP contribution in [0.3, 0.4) is 0 Å². The monoisotopic (exact) mass is 390 g/mol. The van der Waals surface area contributed by atoms with E-state index in [0.717, 1.165) is 12.0 Å². The van der Waals surface area contributed by atoms with Crippen molar-refractivity contribution < 1.29 is 18.8 Å². The maximum atomic E-state index is 13.6. The zero-order valence-electron chi connectivity index (χ0n) is 16.9. The fraction of sp³-hybridized carbons (Fsp3) is 0.600. The SMILES string of the molecule is CO[C@@]1(O[Si](C)(C)C)CCC[C@H]2C(=O)N(C)[C@@H]1C(=O)N2Cc1ccccc1. The smallest absolute Gasteiger partial charge is 0.251 e. The van der Waals surface area contributed by atoms with Gasteiger partial charge in [0.1, 0.15) is 6.04 Å². The van der Waals surface area contributed by atoms with Gasteiger partial charge in [0.15, 0.2) is 20.1 Å². The summed E-state index contributed by atoms with van der Waals surface area (Å²) >= 11 is 0. The van der Waals surface area contributed by atoms with Crippen molar-refractivity contribution in [3.63, 3.8) is 0 Å². The van der Waals surface area contributed by atoms with E-state index in [1.54, 1.807) is 24.0 Å². The van der Waals surface area contributed by atoms with Crippen LogP contribution >= 0.6 is 0 Å². The molecular formula is C20H30N2O4Si. The Morgan fingerprint density at radius 2 is 1.81 bits per heavy atom. The first-order valence-corrected chi connectivity index (χ1v) is 13.0. The van der Waals surface area contributed by atoms with Gasteiger partial charge in [-0.15, -0.1) is 0 Å². The zero-order chi connectivity index (χ0) is 19.8. The average molecular weight is 391 g/mol. The Bertz CT molecular complexity index is 706. The molecule has 27 heavy (non-hydrogen) atoms. The molecule has 4 rings (SSSR count). The highest BCUT2D eigenvalue weighted by molar-refractivity contribution is 6.69. The standard InChI is InChI=1S/C20H30N2O4Si/c1-21-17-19(24)22(14-15-10-7-6-8-11-15)16(18(21)23)12-9-13-20(17,25-2)26-27(3,4)5/h6-8,10-11,16-17H,9,12-14H2,1-5H3/t16-,17+,20+/m0/s1. The summed E-state index contributed by atoms with van der Waals surface area (Å²) in [7, 11) is 1.25. The Kier molecular flexibility index (Phi) is 5.47. The van der Waals surface area contributed by atoms with Gasteiger partial charge in [-0.3, -0.25) is 9.59 Å². The molecule has 7 heteroatoms. The minimum Gasteiger partial charge on any atom is -0.389 e. The molecule has 0 aliphatic carbocycles. The van der Waals surface area contributed by atoms with Gasteiger partial charge in [0.05, 0.1) is 0 Å². The third-order valence-corrected chi connectivity index (χ3v) is 6.31. The molecular weight excluding hydrogens is 360 g/mol. The van der Waals surface area contributed by atoms with Gasteiger partial charge in [0.25, 0.3) is 5.91 Å². The van der Waals surface area contributed by atoms with Crippen LogP contribution in [-0.2, 0) is 25.3 Å².